The highest BCUT2D eigenvalue weighted by Crippen LogP contribution is 2.27. The van der Waals surface area contributed by atoms with E-state index < -0.39 is 10.1 Å². The molecule has 160 valence electrons. The van der Waals surface area contributed by atoms with Gasteiger partial charge in [-0.2, -0.15) is 8.42 Å². The number of amides is 1. The van der Waals surface area contributed by atoms with Gasteiger partial charge in [0.2, 0.25) is 5.91 Å². The van der Waals surface area contributed by atoms with E-state index in [1.165, 1.54) is 0 Å². The molecule has 0 spiro atoms. The number of hydrogen-bond donors (Lipinski definition) is 0. The third-order valence-electron chi connectivity index (χ3n) is 4.78. The molecule has 0 aliphatic rings. The lowest BCUT2D eigenvalue weighted by Crippen LogP contribution is -2.38. The molecule has 1 amide bonds. The second-order valence-corrected chi connectivity index (χ2v) is 10.8. The first kappa shape index (κ1) is 24.5. The summed E-state index contributed by atoms with van der Waals surface area (Å²) in [6.07, 6.45) is 2.43. The molecule has 0 radical (unpaired) electrons. The van der Waals surface area contributed by atoms with Gasteiger partial charge in [-0.3, -0.25) is 4.79 Å². The molecule has 0 saturated carbocycles. The Bertz CT molecular complexity index is 720. The van der Waals surface area contributed by atoms with Gasteiger partial charge >= 0.3 is 10.1 Å². The predicted octanol–water partition coefficient (Wildman–Crippen LogP) is 5.00. The van der Waals surface area contributed by atoms with Crippen LogP contribution in [0.2, 0.25) is 0 Å². The molecule has 0 aromatic heterocycles. The van der Waals surface area contributed by atoms with Crippen LogP contribution >= 0.6 is 0 Å². The molecule has 28 heavy (non-hydrogen) atoms. The lowest BCUT2D eigenvalue weighted by Gasteiger charge is -2.31. The van der Waals surface area contributed by atoms with Gasteiger partial charge in [-0.25, -0.2) is 0 Å². The summed E-state index contributed by atoms with van der Waals surface area (Å²) in [6.45, 7) is 14.9. The average molecular weight is 412 g/mol. The Morgan fingerprint density at radius 2 is 1.68 bits per heavy atom. The van der Waals surface area contributed by atoms with Gasteiger partial charge in [-0.05, 0) is 55.7 Å². The molecule has 0 saturated heterocycles. The van der Waals surface area contributed by atoms with E-state index in [2.05, 4.69) is 41.5 Å². The predicted molar refractivity (Wildman–Crippen MR) is 115 cm³/mol. The number of carbonyl (C=O) groups is 1. The second kappa shape index (κ2) is 10.3. The molecule has 1 rings (SSSR count). The Kier molecular flexibility index (Phi) is 8.99. The molecular formula is C22H37NO4S. The standard InChI is InChI=1S/C22H37NO4S/c1-8-18(4)23(21(24)14-17(3)15-22(5,6)7)16-19-10-12-20(13-11-19)27-28(25,26)9-2/h10-13,17-18H,8-9,14-16H2,1-7H3/t17-,18+/m0/s1. The third-order valence-corrected chi connectivity index (χ3v) is 5.93. The van der Waals surface area contributed by atoms with Crippen LogP contribution in [0, 0.1) is 11.3 Å². The Hall–Kier alpha value is -1.56. The van der Waals surface area contributed by atoms with Crippen LogP contribution in [0.5, 0.6) is 5.75 Å². The minimum atomic E-state index is -3.53. The maximum atomic E-state index is 13.0. The molecule has 5 nitrogen and oxygen atoms in total. The van der Waals surface area contributed by atoms with Crippen molar-refractivity contribution in [2.24, 2.45) is 11.3 Å². The molecule has 6 heteroatoms. The van der Waals surface area contributed by atoms with Gasteiger partial charge in [0.1, 0.15) is 5.75 Å². The van der Waals surface area contributed by atoms with E-state index in [1.807, 2.05) is 17.0 Å². The zero-order chi connectivity index (χ0) is 21.5. The van der Waals surface area contributed by atoms with Crippen molar-refractivity contribution in [3.8, 4) is 5.75 Å². The Labute approximate surface area is 171 Å². The van der Waals surface area contributed by atoms with Gasteiger partial charge in [-0.15, -0.1) is 0 Å². The van der Waals surface area contributed by atoms with Gasteiger partial charge in [-0.1, -0.05) is 46.8 Å². The summed E-state index contributed by atoms with van der Waals surface area (Å²) in [7, 11) is -3.53. The maximum absolute atomic E-state index is 13.0. The third kappa shape index (κ3) is 8.63. The summed E-state index contributed by atoms with van der Waals surface area (Å²) in [4.78, 5) is 14.9. The van der Waals surface area contributed by atoms with E-state index >= 15 is 0 Å². The summed E-state index contributed by atoms with van der Waals surface area (Å²) < 4.78 is 28.2. The normalized spacial score (nSPS) is 14.4. The molecule has 2 atom stereocenters. The summed E-state index contributed by atoms with van der Waals surface area (Å²) in [5.74, 6) is 0.720. The molecule has 1 aromatic rings. The fourth-order valence-electron chi connectivity index (χ4n) is 3.30. The molecular weight excluding hydrogens is 374 g/mol. The quantitative estimate of drug-likeness (QED) is 0.508. The minimum absolute atomic E-state index is 0.0716. The van der Waals surface area contributed by atoms with Gasteiger partial charge in [0.05, 0.1) is 5.75 Å². The molecule has 0 unspecified atom stereocenters. The monoisotopic (exact) mass is 411 g/mol. The number of rotatable bonds is 10. The van der Waals surface area contributed by atoms with Crippen molar-refractivity contribution in [1.82, 2.24) is 4.90 Å². The van der Waals surface area contributed by atoms with Crippen LogP contribution in [0.25, 0.3) is 0 Å². The molecule has 0 aliphatic carbocycles. The lowest BCUT2D eigenvalue weighted by atomic mass is 9.84. The number of benzene rings is 1. The van der Waals surface area contributed by atoms with E-state index in [0.29, 0.717) is 24.6 Å². The first-order valence-electron chi connectivity index (χ1n) is 10.2. The molecule has 0 heterocycles. The first-order valence-corrected chi connectivity index (χ1v) is 11.7. The zero-order valence-corrected chi connectivity index (χ0v) is 19.3. The fourth-order valence-corrected chi connectivity index (χ4v) is 3.82. The first-order chi connectivity index (χ1) is 12.9. The minimum Gasteiger partial charge on any atom is -0.382 e. The number of carbonyl (C=O) groups excluding carboxylic acids is 1. The van der Waals surface area contributed by atoms with Crippen LogP contribution in [-0.4, -0.2) is 31.0 Å². The van der Waals surface area contributed by atoms with E-state index in [-0.39, 0.29) is 23.1 Å². The highest BCUT2D eigenvalue weighted by Gasteiger charge is 2.23. The second-order valence-electron chi connectivity index (χ2n) is 8.93. The largest absolute Gasteiger partial charge is 0.382 e. The smallest absolute Gasteiger partial charge is 0.308 e. The van der Waals surface area contributed by atoms with E-state index in [9.17, 15) is 13.2 Å². The van der Waals surface area contributed by atoms with Crippen LogP contribution in [0.15, 0.2) is 24.3 Å². The van der Waals surface area contributed by atoms with E-state index in [4.69, 9.17) is 4.18 Å². The Balaban J connectivity index is 2.85. The highest BCUT2D eigenvalue weighted by atomic mass is 32.2. The Morgan fingerprint density at radius 3 is 2.14 bits per heavy atom. The van der Waals surface area contributed by atoms with Gasteiger partial charge < -0.3 is 9.08 Å². The van der Waals surface area contributed by atoms with Gasteiger partial charge in [0.15, 0.2) is 0 Å². The molecule has 0 bridgehead atoms. The molecule has 1 aromatic carbocycles. The highest BCUT2D eigenvalue weighted by molar-refractivity contribution is 7.87. The lowest BCUT2D eigenvalue weighted by molar-refractivity contribution is -0.135. The molecule has 0 N–H and O–H groups in total. The van der Waals surface area contributed by atoms with Gasteiger partial charge in [0, 0.05) is 19.0 Å². The van der Waals surface area contributed by atoms with E-state index in [0.717, 1.165) is 18.4 Å². The number of hydrogen-bond acceptors (Lipinski definition) is 4. The van der Waals surface area contributed by atoms with Crippen LogP contribution < -0.4 is 4.18 Å². The van der Waals surface area contributed by atoms with Crippen molar-refractivity contribution >= 4 is 16.0 Å². The van der Waals surface area contributed by atoms with Crippen molar-refractivity contribution in [3.63, 3.8) is 0 Å². The van der Waals surface area contributed by atoms with E-state index in [1.54, 1.807) is 19.1 Å². The Morgan fingerprint density at radius 1 is 1.11 bits per heavy atom. The van der Waals surface area contributed by atoms with Crippen molar-refractivity contribution in [2.75, 3.05) is 5.75 Å². The topological polar surface area (TPSA) is 63.7 Å². The number of nitrogens with zero attached hydrogens (tertiary/aromatic N) is 1. The van der Waals surface area contributed by atoms with Crippen LogP contribution in [-0.2, 0) is 21.5 Å². The van der Waals surface area contributed by atoms with Crippen LogP contribution in [0.3, 0.4) is 0 Å². The SMILES string of the molecule is CC[C@@H](C)N(Cc1ccc(OS(=O)(=O)CC)cc1)C(=O)C[C@H](C)CC(C)(C)C. The fraction of sp³-hybridized carbons (Fsp3) is 0.682. The summed E-state index contributed by atoms with van der Waals surface area (Å²) in [5, 5.41) is 0. The average Bonchev–Trinajstić information content (AvgIpc) is 2.58. The molecule has 0 aliphatic heterocycles. The van der Waals surface area contributed by atoms with Crippen molar-refractivity contribution in [3.05, 3.63) is 29.8 Å². The zero-order valence-electron chi connectivity index (χ0n) is 18.5. The summed E-state index contributed by atoms with van der Waals surface area (Å²) in [5.41, 5.74) is 1.16. The molecule has 0 fully saturated rings. The van der Waals surface area contributed by atoms with Gasteiger partial charge in [0.25, 0.3) is 0 Å². The van der Waals surface area contributed by atoms with Crippen LogP contribution in [0.1, 0.15) is 73.3 Å². The van der Waals surface area contributed by atoms with Crippen LogP contribution in [0.4, 0.5) is 0 Å². The van der Waals surface area contributed by atoms with Crippen molar-refractivity contribution in [2.45, 2.75) is 80.3 Å². The van der Waals surface area contributed by atoms with Crippen molar-refractivity contribution in [1.29, 1.82) is 0 Å². The summed E-state index contributed by atoms with van der Waals surface area (Å²) in [6, 6.07) is 7.07. The maximum Gasteiger partial charge on any atom is 0.308 e. The van der Waals surface area contributed by atoms with Crippen molar-refractivity contribution < 1.29 is 17.4 Å². The summed E-state index contributed by atoms with van der Waals surface area (Å²) >= 11 is 0.